The molecule has 0 atom stereocenters. The summed E-state index contributed by atoms with van der Waals surface area (Å²) in [7, 11) is 0. The van der Waals surface area contributed by atoms with Crippen LogP contribution in [-0.4, -0.2) is 23.7 Å². The molecular formula is C26H23FN4O2. The standard InChI is InChI=1S/C26H23FN4O2/c1-17-23(18(2)30-15-19-6-8-21(27)9-7-19)4-3-5-24(17)33-22-11-13-29-25(14-22)31-26(32)20-10-12-28-16-20/h3-11,13-14,16,30H,2,12,15H2,1H3,(H,29,31,32). The van der Waals surface area contributed by atoms with Crippen molar-refractivity contribution in [3.8, 4) is 11.5 Å². The van der Waals surface area contributed by atoms with Crippen molar-refractivity contribution >= 4 is 23.6 Å². The van der Waals surface area contributed by atoms with Crippen molar-refractivity contribution in [2.75, 3.05) is 11.9 Å². The predicted octanol–water partition coefficient (Wildman–Crippen LogP) is 5.03. The number of benzene rings is 2. The maximum absolute atomic E-state index is 13.1. The third kappa shape index (κ3) is 5.51. The van der Waals surface area contributed by atoms with Gasteiger partial charge in [-0.2, -0.15) is 0 Å². The third-order valence-electron chi connectivity index (χ3n) is 5.14. The SMILES string of the molecule is C=C(NCc1ccc(F)cc1)c1cccc(Oc2ccnc(NC(=O)C3=CCN=C3)c2)c1C. The number of hydrogen-bond donors (Lipinski definition) is 2. The fourth-order valence-electron chi connectivity index (χ4n) is 3.32. The van der Waals surface area contributed by atoms with Gasteiger partial charge in [-0.15, -0.1) is 0 Å². The zero-order valence-electron chi connectivity index (χ0n) is 18.1. The molecule has 1 amide bonds. The number of rotatable bonds is 8. The van der Waals surface area contributed by atoms with Gasteiger partial charge in [0.2, 0.25) is 0 Å². The molecular weight excluding hydrogens is 419 g/mol. The Morgan fingerprint density at radius 2 is 2.00 bits per heavy atom. The minimum absolute atomic E-state index is 0.261. The third-order valence-corrected chi connectivity index (χ3v) is 5.14. The Balaban J connectivity index is 1.44. The Morgan fingerprint density at radius 1 is 1.18 bits per heavy atom. The number of amides is 1. The first kappa shape index (κ1) is 22.0. The van der Waals surface area contributed by atoms with E-state index in [0.29, 0.717) is 36.0 Å². The van der Waals surface area contributed by atoms with Crippen molar-refractivity contribution in [1.82, 2.24) is 10.3 Å². The molecule has 1 aliphatic heterocycles. The van der Waals surface area contributed by atoms with E-state index in [0.717, 1.165) is 22.4 Å². The van der Waals surface area contributed by atoms with Crippen LogP contribution in [0.2, 0.25) is 0 Å². The number of nitrogens with zero attached hydrogens (tertiary/aromatic N) is 2. The molecule has 166 valence electrons. The largest absolute Gasteiger partial charge is 0.457 e. The van der Waals surface area contributed by atoms with E-state index in [1.54, 1.807) is 42.8 Å². The zero-order valence-corrected chi connectivity index (χ0v) is 18.1. The molecule has 2 heterocycles. The molecule has 0 saturated carbocycles. The van der Waals surface area contributed by atoms with Crippen LogP contribution in [0.3, 0.4) is 0 Å². The van der Waals surface area contributed by atoms with Gasteiger partial charge < -0.3 is 15.4 Å². The molecule has 6 nitrogen and oxygen atoms in total. The first-order valence-corrected chi connectivity index (χ1v) is 10.4. The van der Waals surface area contributed by atoms with E-state index in [1.807, 2.05) is 25.1 Å². The average Bonchev–Trinajstić information content (AvgIpc) is 3.35. The van der Waals surface area contributed by atoms with E-state index in [4.69, 9.17) is 4.74 Å². The number of halogens is 1. The zero-order chi connectivity index (χ0) is 23.2. The Labute approximate surface area is 191 Å². The van der Waals surface area contributed by atoms with E-state index in [1.165, 1.54) is 12.1 Å². The molecule has 4 rings (SSSR count). The van der Waals surface area contributed by atoms with Crippen LogP contribution >= 0.6 is 0 Å². The fourth-order valence-corrected chi connectivity index (χ4v) is 3.32. The van der Waals surface area contributed by atoms with Crippen LogP contribution < -0.4 is 15.4 Å². The van der Waals surface area contributed by atoms with E-state index < -0.39 is 0 Å². The topological polar surface area (TPSA) is 75.6 Å². The summed E-state index contributed by atoms with van der Waals surface area (Å²) in [6.07, 6.45) is 4.87. The molecule has 0 saturated heterocycles. The van der Waals surface area contributed by atoms with Gasteiger partial charge in [0.1, 0.15) is 23.1 Å². The molecule has 0 aliphatic carbocycles. The van der Waals surface area contributed by atoms with Crippen molar-refractivity contribution < 1.29 is 13.9 Å². The minimum atomic E-state index is -0.262. The number of carbonyl (C=O) groups is 1. The molecule has 0 bridgehead atoms. The second kappa shape index (κ2) is 9.91. The lowest BCUT2D eigenvalue weighted by Crippen LogP contribution is -2.15. The molecule has 0 unspecified atom stereocenters. The van der Waals surface area contributed by atoms with Gasteiger partial charge in [-0.1, -0.05) is 30.8 Å². The maximum atomic E-state index is 13.1. The second-order valence-electron chi connectivity index (χ2n) is 7.47. The number of aliphatic imine (C=N–C) groups is 1. The number of nitrogens with one attached hydrogen (secondary N) is 2. The smallest absolute Gasteiger partial charge is 0.258 e. The van der Waals surface area contributed by atoms with Crippen LogP contribution in [0.25, 0.3) is 5.70 Å². The second-order valence-corrected chi connectivity index (χ2v) is 7.47. The minimum Gasteiger partial charge on any atom is -0.457 e. The summed E-state index contributed by atoms with van der Waals surface area (Å²) in [6.45, 7) is 7.13. The number of ether oxygens (including phenoxy) is 1. The van der Waals surface area contributed by atoms with Gasteiger partial charge in [0.05, 0.1) is 12.1 Å². The highest BCUT2D eigenvalue weighted by Gasteiger charge is 2.13. The van der Waals surface area contributed by atoms with Gasteiger partial charge in [0.15, 0.2) is 0 Å². The molecule has 2 aromatic carbocycles. The quantitative estimate of drug-likeness (QED) is 0.513. The highest BCUT2D eigenvalue weighted by Crippen LogP contribution is 2.30. The van der Waals surface area contributed by atoms with Gasteiger partial charge in [0, 0.05) is 41.8 Å². The van der Waals surface area contributed by atoms with Gasteiger partial charge >= 0.3 is 0 Å². The molecule has 3 aromatic rings. The highest BCUT2D eigenvalue weighted by molar-refractivity contribution is 6.18. The molecule has 0 fully saturated rings. The molecule has 1 aromatic heterocycles. The summed E-state index contributed by atoms with van der Waals surface area (Å²) in [5.74, 6) is 1.06. The Kier molecular flexibility index (Phi) is 6.59. The van der Waals surface area contributed by atoms with Crippen LogP contribution in [0.5, 0.6) is 11.5 Å². The summed E-state index contributed by atoms with van der Waals surface area (Å²) in [5, 5.41) is 6.03. The van der Waals surface area contributed by atoms with Crippen LogP contribution in [-0.2, 0) is 11.3 Å². The van der Waals surface area contributed by atoms with E-state index in [-0.39, 0.29) is 11.7 Å². The van der Waals surface area contributed by atoms with Gasteiger partial charge in [-0.05, 0) is 42.8 Å². The summed E-state index contributed by atoms with van der Waals surface area (Å²) in [4.78, 5) is 20.5. The first-order chi connectivity index (χ1) is 16.0. The number of hydrogen-bond acceptors (Lipinski definition) is 5. The predicted molar refractivity (Wildman–Crippen MR) is 128 cm³/mol. The fraction of sp³-hybridized carbons (Fsp3) is 0.115. The molecule has 1 aliphatic rings. The Hall–Kier alpha value is -4.26. The summed E-state index contributed by atoms with van der Waals surface area (Å²) in [6, 6.07) is 15.4. The van der Waals surface area contributed by atoms with Crippen LogP contribution in [0.4, 0.5) is 10.2 Å². The van der Waals surface area contributed by atoms with Crippen LogP contribution in [0, 0.1) is 12.7 Å². The Morgan fingerprint density at radius 3 is 2.76 bits per heavy atom. The maximum Gasteiger partial charge on any atom is 0.258 e. The van der Waals surface area contributed by atoms with Crippen molar-refractivity contribution in [2.45, 2.75) is 13.5 Å². The van der Waals surface area contributed by atoms with Gasteiger partial charge in [-0.3, -0.25) is 9.79 Å². The van der Waals surface area contributed by atoms with Gasteiger partial charge in [-0.25, -0.2) is 9.37 Å². The van der Waals surface area contributed by atoms with Crippen molar-refractivity contribution in [2.24, 2.45) is 4.99 Å². The molecule has 0 radical (unpaired) electrons. The molecule has 2 N–H and O–H groups in total. The monoisotopic (exact) mass is 442 g/mol. The molecule has 7 heteroatoms. The number of pyridine rings is 1. The van der Waals surface area contributed by atoms with Crippen LogP contribution in [0.1, 0.15) is 16.7 Å². The van der Waals surface area contributed by atoms with E-state index in [2.05, 4.69) is 27.2 Å². The summed E-state index contributed by atoms with van der Waals surface area (Å²) < 4.78 is 19.2. The van der Waals surface area contributed by atoms with Crippen molar-refractivity contribution in [1.29, 1.82) is 0 Å². The van der Waals surface area contributed by atoms with Crippen molar-refractivity contribution in [3.63, 3.8) is 0 Å². The molecule has 0 spiro atoms. The average molecular weight is 442 g/mol. The summed E-state index contributed by atoms with van der Waals surface area (Å²) in [5.41, 5.74) is 4.01. The molecule has 33 heavy (non-hydrogen) atoms. The van der Waals surface area contributed by atoms with Gasteiger partial charge in [0.25, 0.3) is 5.91 Å². The van der Waals surface area contributed by atoms with E-state index >= 15 is 0 Å². The number of anilines is 1. The lowest BCUT2D eigenvalue weighted by molar-refractivity contribution is -0.112. The lowest BCUT2D eigenvalue weighted by atomic mass is 10.0. The Bertz CT molecular complexity index is 1250. The number of carbonyl (C=O) groups excluding carboxylic acids is 1. The lowest BCUT2D eigenvalue weighted by Gasteiger charge is -2.16. The highest BCUT2D eigenvalue weighted by atomic mass is 19.1. The first-order valence-electron chi connectivity index (χ1n) is 10.4. The summed E-state index contributed by atoms with van der Waals surface area (Å²) >= 11 is 0. The van der Waals surface area contributed by atoms with Crippen molar-refractivity contribution in [3.05, 3.63) is 102 Å². The number of aromatic nitrogens is 1. The van der Waals surface area contributed by atoms with Crippen LogP contribution in [0.15, 0.2) is 84.0 Å². The van der Waals surface area contributed by atoms with E-state index in [9.17, 15) is 9.18 Å². The normalized spacial score (nSPS) is 12.2.